The molecule has 0 aromatic carbocycles. The van der Waals surface area contributed by atoms with Crippen LogP contribution in [0.15, 0.2) is 0 Å². The lowest BCUT2D eigenvalue weighted by atomic mass is 9.95. The Hall–Kier alpha value is 0.310. The highest BCUT2D eigenvalue weighted by molar-refractivity contribution is 7.80. The van der Waals surface area contributed by atoms with Gasteiger partial charge in [0.05, 0.1) is 6.10 Å². The molecular weight excluding hydrogens is 156 g/mol. The molecule has 0 rings (SSSR count). The van der Waals surface area contributed by atoms with Crippen LogP contribution in [0.5, 0.6) is 0 Å². The molecule has 68 valence electrons. The SMILES string of the molecule is CCCC(CCS)CC(C)O. The highest BCUT2D eigenvalue weighted by Gasteiger charge is 2.09. The average molecular weight is 176 g/mol. The number of aliphatic hydroxyl groups excluding tert-OH is 1. The highest BCUT2D eigenvalue weighted by Crippen LogP contribution is 2.17. The van der Waals surface area contributed by atoms with Crippen LogP contribution in [0.2, 0.25) is 0 Å². The van der Waals surface area contributed by atoms with Gasteiger partial charge < -0.3 is 5.11 Å². The van der Waals surface area contributed by atoms with Crippen LogP contribution >= 0.6 is 12.6 Å². The van der Waals surface area contributed by atoms with Crippen LogP contribution < -0.4 is 0 Å². The van der Waals surface area contributed by atoms with E-state index in [1.54, 1.807) is 0 Å². The summed E-state index contributed by atoms with van der Waals surface area (Å²) >= 11 is 4.19. The molecule has 0 spiro atoms. The van der Waals surface area contributed by atoms with Crippen molar-refractivity contribution in [3.63, 3.8) is 0 Å². The summed E-state index contributed by atoms with van der Waals surface area (Å²) in [5.74, 6) is 1.62. The molecule has 0 fully saturated rings. The number of thiol groups is 1. The van der Waals surface area contributed by atoms with Crippen molar-refractivity contribution in [1.29, 1.82) is 0 Å². The quantitative estimate of drug-likeness (QED) is 0.596. The molecule has 0 radical (unpaired) electrons. The maximum atomic E-state index is 9.15. The van der Waals surface area contributed by atoms with E-state index in [2.05, 4.69) is 19.6 Å². The second kappa shape index (κ2) is 6.99. The van der Waals surface area contributed by atoms with Gasteiger partial charge in [-0.25, -0.2) is 0 Å². The first-order valence-corrected chi connectivity index (χ1v) is 5.12. The number of hydrogen-bond donors (Lipinski definition) is 2. The Balaban J connectivity index is 3.50. The van der Waals surface area contributed by atoms with Gasteiger partial charge in [0.25, 0.3) is 0 Å². The van der Waals surface area contributed by atoms with Crippen molar-refractivity contribution in [3.8, 4) is 0 Å². The van der Waals surface area contributed by atoms with Crippen LogP contribution in [0, 0.1) is 5.92 Å². The summed E-state index contributed by atoms with van der Waals surface area (Å²) in [6.07, 6.45) is 4.37. The van der Waals surface area contributed by atoms with E-state index >= 15 is 0 Å². The Morgan fingerprint density at radius 3 is 2.36 bits per heavy atom. The molecule has 2 unspecified atom stereocenters. The average Bonchev–Trinajstić information content (AvgIpc) is 1.87. The van der Waals surface area contributed by atoms with E-state index < -0.39 is 0 Å². The van der Waals surface area contributed by atoms with Gasteiger partial charge in [0.15, 0.2) is 0 Å². The molecule has 0 aromatic heterocycles. The summed E-state index contributed by atoms with van der Waals surface area (Å²) < 4.78 is 0. The largest absolute Gasteiger partial charge is 0.393 e. The smallest absolute Gasteiger partial charge is 0.0514 e. The van der Waals surface area contributed by atoms with Crippen LogP contribution in [0.3, 0.4) is 0 Å². The Morgan fingerprint density at radius 1 is 1.36 bits per heavy atom. The molecule has 0 heterocycles. The van der Waals surface area contributed by atoms with Crippen molar-refractivity contribution >= 4 is 12.6 Å². The molecule has 0 aliphatic heterocycles. The summed E-state index contributed by atoms with van der Waals surface area (Å²) in [6, 6.07) is 0. The monoisotopic (exact) mass is 176 g/mol. The third-order valence-electron chi connectivity index (χ3n) is 1.91. The lowest BCUT2D eigenvalue weighted by Gasteiger charge is -2.16. The van der Waals surface area contributed by atoms with Crippen LogP contribution in [0.4, 0.5) is 0 Å². The lowest BCUT2D eigenvalue weighted by molar-refractivity contribution is 0.156. The number of hydrogen-bond acceptors (Lipinski definition) is 2. The Kier molecular flexibility index (Phi) is 7.18. The molecule has 2 heteroatoms. The third-order valence-corrected chi connectivity index (χ3v) is 2.17. The van der Waals surface area contributed by atoms with Gasteiger partial charge in [-0.3, -0.25) is 0 Å². The van der Waals surface area contributed by atoms with Crippen molar-refractivity contribution in [2.24, 2.45) is 5.92 Å². The molecule has 0 aliphatic carbocycles. The summed E-state index contributed by atoms with van der Waals surface area (Å²) in [7, 11) is 0. The second-order valence-electron chi connectivity index (χ2n) is 3.25. The molecule has 0 amide bonds. The molecule has 11 heavy (non-hydrogen) atoms. The minimum Gasteiger partial charge on any atom is -0.393 e. The fourth-order valence-electron chi connectivity index (χ4n) is 1.45. The van der Waals surface area contributed by atoms with Gasteiger partial charge in [-0.05, 0) is 31.4 Å². The number of rotatable bonds is 6. The van der Waals surface area contributed by atoms with Crippen LogP contribution in [-0.2, 0) is 0 Å². The lowest BCUT2D eigenvalue weighted by Crippen LogP contribution is -2.10. The van der Waals surface area contributed by atoms with Gasteiger partial charge in [-0.15, -0.1) is 0 Å². The number of aliphatic hydroxyl groups is 1. The van der Waals surface area contributed by atoms with Crippen molar-refractivity contribution < 1.29 is 5.11 Å². The van der Waals surface area contributed by atoms with E-state index in [4.69, 9.17) is 5.11 Å². The minimum absolute atomic E-state index is 0.147. The normalized spacial score (nSPS) is 16.4. The molecule has 0 aromatic rings. The third kappa shape index (κ3) is 6.70. The molecule has 1 nitrogen and oxygen atoms in total. The topological polar surface area (TPSA) is 20.2 Å². The maximum Gasteiger partial charge on any atom is 0.0514 e. The minimum atomic E-state index is -0.147. The molecular formula is C9H20OS. The zero-order chi connectivity index (χ0) is 8.69. The molecule has 0 saturated carbocycles. The molecule has 0 bridgehead atoms. The van der Waals surface area contributed by atoms with Crippen LogP contribution in [0.1, 0.15) is 39.5 Å². The van der Waals surface area contributed by atoms with Crippen LogP contribution in [-0.4, -0.2) is 17.0 Å². The van der Waals surface area contributed by atoms with Gasteiger partial charge in [0.2, 0.25) is 0 Å². The first kappa shape index (κ1) is 11.3. The Morgan fingerprint density at radius 2 is 2.00 bits per heavy atom. The first-order valence-electron chi connectivity index (χ1n) is 4.49. The van der Waals surface area contributed by atoms with E-state index in [0.717, 1.165) is 18.6 Å². The summed E-state index contributed by atoms with van der Waals surface area (Å²) in [6.45, 7) is 4.05. The fourth-order valence-corrected chi connectivity index (χ4v) is 1.82. The molecule has 1 N–H and O–H groups in total. The standard InChI is InChI=1S/C9H20OS/c1-3-4-9(5-6-11)7-8(2)10/h8-11H,3-7H2,1-2H3. The zero-order valence-electron chi connectivity index (χ0n) is 7.58. The molecule has 0 aliphatic rings. The first-order chi connectivity index (χ1) is 5.20. The van der Waals surface area contributed by atoms with Gasteiger partial charge in [0, 0.05) is 0 Å². The Labute approximate surface area is 75.6 Å². The molecule has 2 atom stereocenters. The predicted molar refractivity (Wildman–Crippen MR) is 53.2 cm³/mol. The second-order valence-corrected chi connectivity index (χ2v) is 3.70. The summed E-state index contributed by atoms with van der Waals surface area (Å²) in [5.41, 5.74) is 0. The highest BCUT2D eigenvalue weighted by atomic mass is 32.1. The predicted octanol–water partition coefficient (Wildman–Crippen LogP) is 2.49. The van der Waals surface area contributed by atoms with E-state index in [1.807, 2.05) is 6.92 Å². The van der Waals surface area contributed by atoms with E-state index in [0.29, 0.717) is 5.92 Å². The van der Waals surface area contributed by atoms with E-state index in [1.165, 1.54) is 12.8 Å². The van der Waals surface area contributed by atoms with Gasteiger partial charge >= 0.3 is 0 Å². The zero-order valence-corrected chi connectivity index (χ0v) is 8.48. The van der Waals surface area contributed by atoms with Gasteiger partial charge in [-0.1, -0.05) is 19.8 Å². The Bertz CT molecular complexity index is 77.6. The van der Waals surface area contributed by atoms with Crippen molar-refractivity contribution in [1.82, 2.24) is 0 Å². The van der Waals surface area contributed by atoms with Gasteiger partial charge in [0.1, 0.15) is 0 Å². The maximum absolute atomic E-state index is 9.15. The van der Waals surface area contributed by atoms with Crippen LogP contribution in [0.25, 0.3) is 0 Å². The van der Waals surface area contributed by atoms with Crippen molar-refractivity contribution in [2.45, 2.75) is 45.6 Å². The van der Waals surface area contributed by atoms with Crippen molar-refractivity contribution in [3.05, 3.63) is 0 Å². The summed E-state index contributed by atoms with van der Waals surface area (Å²) in [5, 5.41) is 9.15. The van der Waals surface area contributed by atoms with E-state index in [9.17, 15) is 0 Å². The van der Waals surface area contributed by atoms with Gasteiger partial charge in [-0.2, -0.15) is 12.6 Å². The summed E-state index contributed by atoms with van der Waals surface area (Å²) in [4.78, 5) is 0. The molecule has 0 saturated heterocycles. The van der Waals surface area contributed by atoms with E-state index in [-0.39, 0.29) is 6.10 Å². The fraction of sp³-hybridized carbons (Fsp3) is 1.00. The van der Waals surface area contributed by atoms with Crippen molar-refractivity contribution in [2.75, 3.05) is 5.75 Å².